The van der Waals surface area contributed by atoms with Crippen LogP contribution in [0.15, 0.2) is 48.7 Å². The van der Waals surface area contributed by atoms with Crippen LogP contribution in [0.25, 0.3) is 10.9 Å². The van der Waals surface area contributed by atoms with Gasteiger partial charge in [0, 0.05) is 17.1 Å². The van der Waals surface area contributed by atoms with Crippen LogP contribution in [0.4, 0.5) is 0 Å². The minimum absolute atomic E-state index is 0.534. The van der Waals surface area contributed by atoms with Crippen LogP contribution < -0.4 is 15.2 Å². The summed E-state index contributed by atoms with van der Waals surface area (Å²) in [5, 5.41) is 1.18. The van der Waals surface area contributed by atoms with E-state index in [2.05, 4.69) is 11.1 Å². The average Bonchev–Trinajstić information content (AvgIpc) is 2.96. The summed E-state index contributed by atoms with van der Waals surface area (Å²) in [6.07, 6.45) is 2.88. The van der Waals surface area contributed by atoms with Crippen molar-refractivity contribution in [3.8, 4) is 11.5 Å². The van der Waals surface area contributed by atoms with E-state index >= 15 is 0 Å². The number of H-pyrrole nitrogens is 1. The Morgan fingerprint density at radius 2 is 1.82 bits per heavy atom. The smallest absolute Gasteiger partial charge is 0.120 e. The highest BCUT2D eigenvalue weighted by atomic mass is 16.5. The first kappa shape index (κ1) is 14.5. The van der Waals surface area contributed by atoms with E-state index in [0.29, 0.717) is 13.2 Å². The van der Waals surface area contributed by atoms with Crippen molar-refractivity contribution in [1.29, 1.82) is 0 Å². The highest BCUT2D eigenvalue weighted by molar-refractivity contribution is 5.84. The van der Waals surface area contributed by atoms with E-state index in [1.807, 2.05) is 42.6 Å². The summed E-state index contributed by atoms with van der Waals surface area (Å²) in [6.45, 7) is 1.18. The van der Waals surface area contributed by atoms with Gasteiger partial charge in [-0.05, 0) is 54.4 Å². The molecule has 114 valence electrons. The van der Waals surface area contributed by atoms with Gasteiger partial charge in [-0.15, -0.1) is 0 Å². The first-order valence-electron chi connectivity index (χ1n) is 7.36. The number of ether oxygens (including phenoxy) is 2. The van der Waals surface area contributed by atoms with E-state index in [1.54, 1.807) is 7.11 Å². The second-order valence-corrected chi connectivity index (χ2v) is 5.20. The standard InChI is InChI=1S/C18H20N2O2/c1-21-15-4-2-13(3-5-15)12-22-16-6-7-18-17(10-16)14(8-9-19)11-20-18/h2-7,10-11,20H,8-9,12,19H2,1H3. The molecule has 0 unspecified atom stereocenters. The Morgan fingerprint density at radius 3 is 2.55 bits per heavy atom. The molecule has 3 aromatic rings. The summed E-state index contributed by atoms with van der Waals surface area (Å²) >= 11 is 0. The second kappa shape index (κ2) is 6.54. The molecule has 1 aromatic heterocycles. The minimum Gasteiger partial charge on any atom is -0.497 e. The number of aromatic amines is 1. The Labute approximate surface area is 129 Å². The number of benzene rings is 2. The van der Waals surface area contributed by atoms with E-state index < -0.39 is 0 Å². The van der Waals surface area contributed by atoms with Crippen molar-refractivity contribution in [3.05, 3.63) is 59.8 Å². The fourth-order valence-electron chi connectivity index (χ4n) is 2.50. The fraction of sp³-hybridized carbons (Fsp3) is 0.222. The molecule has 3 N–H and O–H groups in total. The SMILES string of the molecule is COc1ccc(COc2ccc3[nH]cc(CCN)c3c2)cc1. The van der Waals surface area contributed by atoms with Crippen LogP contribution in [0.5, 0.6) is 11.5 Å². The van der Waals surface area contributed by atoms with Crippen molar-refractivity contribution < 1.29 is 9.47 Å². The molecule has 22 heavy (non-hydrogen) atoms. The van der Waals surface area contributed by atoms with E-state index in [1.165, 1.54) is 10.9 Å². The number of rotatable bonds is 6. The molecule has 0 aliphatic heterocycles. The lowest BCUT2D eigenvalue weighted by molar-refractivity contribution is 0.306. The molecule has 0 spiro atoms. The van der Waals surface area contributed by atoms with Crippen LogP contribution in [0.3, 0.4) is 0 Å². The lowest BCUT2D eigenvalue weighted by atomic mass is 10.1. The Balaban J connectivity index is 1.73. The highest BCUT2D eigenvalue weighted by Crippen LogP contribution is 2.24. The van der Waals surface area contributed by atoms with Crippen LogP contribution in [0.2, 0.25) is 0 Å². The second-order valence-electron chi connectivity index (χ2n) is 5.20. The number of nitrogens with two attached hydrogens (primary N) is 1. The summed E-state index contributed by atoms with van der Waals surface area (Å²) < 4.78 is 11.0. The van der Waals surface area contributed by atoms with Gasteiger partial charge in [0.05, 0.1) is 7.11 Å². The van der Waals surface area contributed by atoms with Crippen molar-refractivity contribution in [1.82, 2.24) is 4.98 Å². The van der Waals surface area contributed by atoms with Gasteiger partial charge in [-0.1, -0.05) is 12.1 Å². The maximum atomic E-state index is 5.89. The summed E-state index contributed by atoms with van der Waals surface area (Å²) in [5.74, 6) is 1.71. The molecule has 0 bridgehead atoms. The van der Waals surface area contributed by atoms with Gasteiger partial charge in [-0.3, -0.25) is 0 Å². The molecule has 2 aromatic carbocycles. The van der Waals surface area contributed by atoms with Gasteiger partial charge in [-0.25, -0.2) is 0 Å². The zero-order chi connectivity index (χ0) is 15.4. The third-order valence-electron chi connectivity index (χ3n) is 3.72. The summed E-state index contributed by atoms with van der Waals surface area (Å²) in [7, 11) is 1.66. The van der Waals surface area contributed by atoms with Crippen LogP contribution in [0.1, 0.15) is 11.1 Å². The summed E-state index contributed by atoms with van der Waals surface area (Å²) in [6, 6.07) is 14.0. The molecule has 3 rings (SSSR count). The fourth-order valence-corrected chi connectivity index (χ4v) is 2.50. The predicted octanol–water partition coefficient (Wildman–Crippen LogP) is 3.26. The van der Waals surface area contributed by atoms with Crippen molar-refractivity contribution >= 4 is 10.9 Å². The molecule has 0 saturated heterocycles. The van der Waals surface area contributed by atoms with E-state index in [9.17, 15) is 0 Å². The zero-order valence-electron chi connectivity index (χ0n) is 12.6. The van der Waals surface area contributed by atoms with Gasteiger partial charge in [0.15, 0.2) is 0 Å². The van der Waals surface area contributed by atoms with Crippen molar-refractivity contribution in [2.45, 2.75) is 13.0 Å². The lowest BCUT2D eigenvalue weighted by Gasteiger charge is -2.08. The van der Waals surface area contributed by atoms with Gasteiger partial charge in [-0.2, -0.15) is 0 Å². The Morgan fingerprint density at radius 1 is 1.05 bits per heavy atom. The Kier molecular flexibility index (Phi) is 4.30. The lowest BCUT2D eigenvalue weighted by Crippen LogP contribution is -2.01. The molecule has 0 fully saturated rings. The van der Waals surface area contributed by atoms with Gasteiger partial charge in [0.2, 0.25) is 0 Å². The number of aromatic nitrogens is 1. The van der Waals surface area contributed by atoms with Gasteiger partial charge in [0.25, 0.3) is 0 Å². The van der Waals surface area contributed by atoms with Gasteiger partial charge >= 0.3 is 0 Å². The molecule has 4 heteroatoms. The minimum atomic E-state index is 0.534. The van der Waals surface area contributed by atoms with E-state index in [4.69, 9.17) is 15.2 Å². The summed E-state index contributed by atoms with van der Waals surface area (Å²) in [4.78, 5) is 3.26. The number of hydrogen-bond donors (Lipinski definition) is 2. The molecule has 0 saturated carbocycles. The molecular weight excluding hydrogens is 276 g/mol. The van der Waals surface area contributed by atoms with Crippen molar-refractivity contribution in [2.75, 3.05) is 13.7 Å². The van der Waals surface area contributed by atoms with Crippen molar-refractivity contribution in [2.24, 2.45) is 5.73 Å². The Bertz CT molecular complexity index is 747. The first-order chi connectivity index (χ1) is 10.8. The number of hydrogen-bond acceptors (Lipinski definition) is 3. The molecular formula is C18H20N2O2. The average molecular weight is 296 g/mol. The number of nitrogens with one attached hydrogen (secondary N) is 1. The normalized spacial score (nSPS) is 10.8. The molecule has 1 heterocycles. The molecule has 0 amide bonds. The highest BCUT2D eigenvalue weighted by Gasteiger charge is 2.05. The largest absolute Gasteiger partial charge is 0.497 e. The van der Waals surface area contributed by atoms with E-state index in [-0.39, 0.29) is 0 Å². The maximum absolute atomic E-state index is 5.89. The van der Waals surface area contributed by atoms with E-state index in [0.717, 1.165) is 29.0 Å². The molecule has 4 nitrogen and oxygen atoms in total. The Hall–Kier alpha value is -2.46. The quantitative estimate of drug-likeness (QED) is 0.734. The van der Waals surface area contributed by atoms with Crippen LogP contribution in [0, 0.1) is 0 Å². The third kappa shape index (κ3) is 3.07. The van der Waals surface area contributed by atoms with Gasteiger partial charge in [0.1, 0.15) is 18.1 Å². The molecule has 0 aliphatic carbocycles. The van der Waals surface area contributed by atoms with Crippen molar-refractivity contribution in [3.63, 3.8) is 0 Å². The molecule has 0 atom stereocenters. The van der Waals surface area contributed by atoms with Crippen LogP contribution in [-0.2, 0) is 13.0 Å². The maximum Gasteiger partial charge on any atom is 0.120 e. The monoisotopic (exact) mass is 296 g/mol. The molecule has 0 aliphatic rings. The first-order valence-corrected chi connectivity index (χ1v) is 7.36. The summed E-state index contributed by atoms with van der Waals surface area (Å²) in [5.41, 5.74) is 9.10. The number of methoxy groups -OCH3 is 1. The predicted molar refractivity (Wildman–Crippen MR) is 88.4 cm³/mol. The third-order valence-corrected chi connectivity index (χ3v) is 3.72. The zero-order valence-corrected chi connectivity index (χ0v) is 12.6. The number of fused-ring (bicyclic) bond motifs is 1. The van der Waals surface area contributed by atoms with Gasteiger partial charge < -0.3 is 20.2 Å². The topological polar surface area (TPSA) is 60.3 Å². The van der Waals surface area contributed by atoms with Crippen LogP contribution in [-0.4, -0.2) is 18.6 Å². The van der Waals surface area contributed by atoms with Crippen LogP contribution >= 0.6 is 0 Å². The molecule has 0 radical (unpaired) electrons.